The largest absolute Gasteiger partial charge is 0.293 e. The predicted octanol–water partition coefficient (Wildman–Crippen LogP) is 1.72. The van der Waals surface area contributed by atoms with E-state index < -0.39 is 11.8 Å². The first-order valence-electron chi connectivity index (χ1n) is 5.33. The van der Waals surface area contributed by atoms with Crippen LogP contribution < -0.4 is 5.32 Å². The standard InChI is InChI=1S/C13H10N4O/c14-9-11(10-5-2-1-3-6-10)12(18)17-13-15-7-4-8-16-13/h1-8,11H,(H,15,16,17,18). The van der Waals surface area contributed by atoms with Crippen LogP contribution in [-0.2, 0) is 4.79 Å². The number of anilines is 1. The Labute approximate surface area is 104 Å². The molecule has 0 spiro atoms. The van der Waals surface area contributed by atoms with Crippen molar-refractivity contribution >= 4 is 11.9 Å². The zero-order valence-corrected chi connectivity index (χ0v) is 9.45. The van der Waals surface area contributed by atoms with E-state index in [1.54, 1.807) is 30.3 Å². The van der Waals surface area contributed by atoms with Gasteiger partial charge in [-0.1, -0.05) is 30.3 Å². The molecule has 5 heteroatoms. The van der Waals surface area contributed by atoms with Crippen molar-refractivity contribution in [2.24, 2.45) is 0 Å². The van der Waals surface area contributed by atoms with Crippen LogP contribution in [0.2, 0.25) is 0 Å². The van der Waals surface area contributed by atoms with Gasteiger partial charge in [0.15, 0.2) is 5.92 Å². The molecule has 0 aliphatic heterocycles. The molecule has 0 bridgehead atoms. The predicted molar refractivity (Wildman–Crippen MR) is 65.5 cm³/mol. The molecule has 1 unspecified atom stereocenters. The molecular formula is C13H10N4O. The van der Waals surface area contributed by atoms with Crippen LogP contribution in [0.15, 0.2) is 48.8 Å². The van der Waals surface area contributed by atoms with E-state index in [9.17, 15) is 4.79 Å². The van der Waals surface area contributed by atoms with Crippen LogP contribution in [0.3, 0.4) is 0 Å². The Morgan fingerprint density at radius 3 is 2.44 bits per heavy atom. The van der Waals surface area contributed by atoms with Crippen molar-refractivity contribution in [1.82, 2.24) is 9.97 Å². The molecule has 2 aromatic rings. The van der Waals surface area contributed by atoms with Gasteiger partial charge in [-0.25, -0.2) is 9.97 Å². The molecule has 0 saturated carbocycles. The number of aromatic nitrogens is 2. The molecule has 2 rings (SSSR count). The number of nitrogens with one attached hydrogen (secondary N) is 1. The van der Waals surface area contributed by atoms with Crippen LogP contribution in [0, 0.1) is 11.3 Å². The number of hydrogen-bond donors (Lipinski definition) is 1. The maximum absolute atomic E-state index is 11.9. The number of carbonyl (C=O) groups excluding carboxylic acids is 1. The molecule has 18 heavy (non-hydrogen) atoms. The Balaban J connectivity index is 2.15. The number of carbonyl (C=O) groups is 1. The second kappa shape index (κ2) is 5.55. The highest BCUT2D eigenvalue weighted by Gasteiger charge is 2.20. The molecule has 1 aromatic heterocycles. The SMILES string of the molecule is N#CC(C(=O)Nc1ncccn1)c1ccccc1. The van der Waals surface area contributed by atoms with E-state index in [2.05, 4.69) is 15.3 Å². The molecule has 1 atom stereocenters. The van der Waals surface area contributed by atoms with E-state index in [1.165, 1.54) is 12.4 Å². The maximum Gasteiger partial charge on any atom is 0.248 e. The lowest BCUT2D eigenvalue weighted by Gasteiger charge is -2.08. The Hall–Kier alpha value is -2.74. The minimum absolute atomic E-state index is 0.193. The van der Waals surface area contributed by atoms with Gasteiger partial charge in [-0.3, -0.25) is 10.1 Å². The van der Waals surface area contributed by atoms with Gasteiger partial charge in [0.25, 0.3) is 0 Å². The first-order chi connectivity index (χ1) is 8.81. The summed E-state index contributed by atoms with van der Waals surface area (Å²) >= 11 is 0. The number of hydrogen-bond acceptors (Lipinski definition) is 4. The summed E-state index contributed by atoms with van der Waals surface area (Å²) in [4.78, 5) is 19.7. The molecule has 1 N–H and O–H groups in total. The van der Waals surface area contributed by atoms with Crippen molar-refractivity contribution in [3.63, 3.8) is 0 Å². The number of amides is 1. The van der Waals surface area contributed by atoms with Gasteiger partial charge < -0.3 is 0 Å². The van der Waals surface area contributed by atoms with Crippen molar-refractivity contribution < 1.29 is 4.79 Å². The van der Waals surface area contributed by atoms with Gasteiger partial charge in [-0.2, -0.15) is 5.26 Å². The lowest BCUT2D eigenvalue weighted by Crippen LogP contribution is -2.21. The Morgan fingerprint density at radius 2 is 1.83 bits per heavy atom. The minimum atomic E-state index is -0.866. The van der Waals surface area contributed by atoms with Gasteiger partial charge in [0.2, 0.25) is 11.9 Å². The molecule has 0 aliphatic carbocycles. The quantitative estimate of drug-likeness (QED) is 0.883. The van der Waals surface area contributed by atoms with E-state index in [1.807, 2.05) is 12.1 Å². The van der Waals surface area contributed by atoms with Crippen LogP contribution in [-0.4, -0.2) is 15.9 Å². The zero-order valence-electron chi connectivity index (χ0n) is 9.45. The second-order valence-corrected chi connectivity index (χ2v) is 3.53. The van der Waals surface area contributed by atoms with E-state index >= 15 is 0 Å². The van der Waals surface area contributed by atoms with Crippen LogP contribution in [0.25, 0.3) is 0 Å². The highest BCUT2D eigenvalue weighted by molar-refractivity contribution is 5.96. The van der Waals surface area contributed by atoms with Gasteiger partial charge in [0.05, 0.1) is 6.07 Å². The van der Waals surface area contributed by atoms with Crippen LogP contribution in [0.1, 0.15) is 11.5 Å². The van der Waals surface area contributed by atoms with Crippen LogP contribution in [0.4, 0.5) is 5.95 Å². The molecule has 1 aromatic carbocycles. The summed E-state index contributed by atoms with van der Waals surface area (Å²) in [5.74, 6) is -1.11. The Morgan fingerprint density at radius 1 is 1.17 bits per heavy atom. The van der Waals surface area contributed by atoms with Gasteiger partial charge >= 0.3 is 0 Å². The van der Waals surface area contributed by atoms with Crippen molar-refractivity contribution in [3.8, 4) is 6.07 Å². The fraction of sp³-hybridized carbons (Fsp3) is 0.0769. The molecule has 0 saturated heterocycles. The summed E-state index contributed by atoms with van der Waals surface area (Å²) in [6, 6.07) is 12.5. The summed E-state index contributed by atoms with van der Waals surface area (Å²) in [5.41, 5.74) is 0.647. The van der Waals surface area contributed by atoms with Gasteiger partial charge in [0.1, 0.15) is 0 Å². The van der Waals surface area contributed by atoms with Crippen molar-refractivity contribution in [2.45, 2.75) is 5.92 Å². The second-order valence-electron chi connectivity index (χ2n) is 3.53. The fourth-order valence-corrected chi connectivity index (χ4v) is 1.48. The average molecular weight is 238 g/mol. The van der Waals surface area contributed by atoms with Crippen LogP contribution in [0.5, 0.6) is 0 Å². The Kier molecular flexibility index (Phi) is 3.62. The first-order valence-corrected chi connectivity index (χ1v) is 5.33. The maximum atomic E-state index is 11.9. The molecular weight excluding hydrogens is 228 g/mol. The van der Waals surface area contributed by atoms with E-state index in [0.29, 0.717) is 5.56 Å². The third-order valence-corrected chi connectivity index (χ3v) is 2.32. The number of nitrogens with zero attached hydrogens (tertiary/aromatic N) is 3. The molecule has 0 radical (unpaired) electrons. The van der Waals surface area contributed by atoms with Gasteiger partial charge in [-0.15, -0.1) is 0 Å². The van der Waals surface area contributed by atoms with Crippen molar-refractivity contribution in [3.05, 3.63) is 54.4 Å². The highest BCUT2D eigenvalue weighted by Crippen LogP contribution is 2.15. The lowest BCUT2D eigenvalue weighted by molar-refractivity contribution is -0.116. The summed E-state index contributed by atoms with van der Waals surface area (Å²) in [6.45, 7) is 0. The minimum Gasteiger partial charge on any atom is -0.293 e. The van der Waals surface area contributed by atoms with Gasteiger partial charge in [0, 0.05) is 12.4 Å². The summed E-state index contributed by atoms with van der Waals surface area (Å²) in [5, 5.41) is 11.6. The topological polar surface area (TPSA) is 78.7 Å². The zero-order chi connectivity index (χ0) is 12.8. The number of nitriles is 1. The van der Waals surface area contributed by atoms with Crippen molar-refractivity contribution in [2.75, 3.05) is 5.32 Å². The molecule has 88 valence electrons. The molecule has 1 heterocycles. The number of benzene rings is 1. The molecule has 5 nitrogen and oxygen atoms in total. The molecule has 0 aliphatic rings. The van der Waals surface area contributed by atoms with Crippen LogP contribution >= 0.6 is 0 Å². The fourth-order valence-electron chi connectivity index (χ4n) is 1.48. The first kappa shape index (κ1) is 11.7. The molecule has 0 fully saturated rings. The number of rotatable bonds is 3. The Bertz CT molecular complexity index is 563. The molecule has 1 amide bonds. The highest BCUT2D eigenvalue weighted by atomic mass is 16.2. The average Bonchev–Trinajstić information content (AvgIpc) is 2.42. The lowest BCUT2D eigenvalue weighted by atomic mass is 10.0. The summed E-state index contributed by atoms with van der Waals surface area (Å²) < 4.78 is 0. The van der Waals surface area contributed by atoms with E-state index in [0.717, 1.165) is 0 Å². The summed E-state index contributed by atoms with van der Waals surface area (Å²) in [7, 11) is 0. The third kappa shape index (κ3) is 2.68. The van der Waals surface area contributed by atoms with E-state index in [-0.39, 0.29) is 5.95 Å². The monoisotopic (exact) mass is 238 g/mol. The summed E-state index contributed by atoms with van der Waals surface area (Å²) in [6.07, 6.45) is 3.04. The van der Waals surface area contributed by atoms with Crippen molar-refractivity contribution in [1.29, 1.82) is 5.26 Å². The van der Waals surface area contributed by atoms with E-state index in [4.69, 9.17) is 5.26 Å². The van der Waals surface area contributed by atoms with Gasteiger partial charge in [-0.05, 0) is 11.6 Å². The smallest absolute Gasteiger partial charge is 0.248 e. The normalized spacial score (nSPS) is 11.3. The third-order valence-electron chi connectivity index (χ3n) is 2.32.